The van der Waals surface area contributed by atoms with Crippen LogP contribution in [-0.2, 0) is 24.2 Å². The van der Waals surface area contributed by atoms with Crippen LogP contribution in [0.2, 0.25) is 5.02 Å². The fraction of sp³-hybridized carbons (Fsp3) is 0.368. The molecule has 1 unspecified atom stereocenters. The van der Waals surface area contributed by atoms with Gasteiger partial charge in [0.25, 0.3) is 5.56 Å². The molecule has 1 aliphatic carbocycles. The first-order valence-electron chi connectivity index (χ1n) is 8.87. The summed E-state index contributed by atoms with van der Waals surface area (Å²) in [6.45, 7) is 3.86. The van der Waals surface area contributed by atoms with Crippen LogP contribution in [0.15, 0.2) is 23.0 Å². The molecule has 0 radical (unpaired) electrons. The highest BCUT2D eigenvalue weighted by Crippen LogP contribution is 2.35. The summed E-state index contributed by atoms with van der Waals surface area (Å²) in [7, 11) is 0. The van der Waals surface area contributed by atoms with Gasteiger partial charge in [-0.15, -0.1) is 16.4 Å². The van der Waals surface area contributed by atoms with Gasteiger partial charge in [-0.05, 0) is 55.4 Å². The van der Waals surface area contributed by atoms with Crippen molar-refractivity contribution in [3.05, 3.63) is 49.6 Å². The molecule has 0 spiro atoms. The number of fused-ring (bicyclic) bond motifs is 3. The van der Waals surface area contributed by atoms with Crippen LogP contribution >= 0.6 is 22.9 Å². The Morgan fingerprint density at radius 3 is 3.07 bits per heavy atom. The fourth-order valence-corrected chi connectivity index (χ4v) is 4.96. The van der Waals surface area contributed by atoms with Gasteiger partial charge in [0, 0.05) is 15.6 Å². The first-order valence-corrected chi connectivity index (χ1v) is 10.1. The third-order valence-corrected chi connectivity index (χ3v) is 6.57. The van der Waals surface area contributed by atoms with Gasteiger partial charge in [0.05, 0.1) is 5.39 Å². The molecule has 0 saturated carbocycles. The Balaban J connectivity index is 1.62. The summed E-state index contributed by atoms with van der Waals surface area (Å²) in [5, 5.41) is 12.2. The maximum Gasteiger partial charge on any atom is 0.279 e. The number of hydrogen-bond acceptors (Lipinski definition) is 5. The molecule has 8 heteroatoms. The van der Waals surface area contributed by atoms with Crippen molar-refractivity contribution in [3.8, 4) is 0 Å². The quantitative estimate of drug-likeness (QED) is 0.726. The molecule has 0 bridgehead atoms. The van der Waals surface area contributed by atoms with Gasteiger partial charge < -0.3 is 5.32 Å². The predicted octanol–water partition coefficient (Wildman–Crippen LogP) is 3.58. The Bertz CT molecular complexity index is 1110. The van der Waals surface area contributed by atoms with E-state index in [1.807, 2.05) is 6.92 Å². The second-order valence-electron chi connectivity index (χ2n) is 7.04. The van der Waals surface area contributed by atoms with Gasteiger partial charge in [0.15, 0.2) is 4.83 Å². The molecule has 2 aromatic heterocycles. The fourth-order valence-electron chi connectivity index (χ4n) is 3.46. The van der Waals surface area contributed by atoms with Gasteiger partial charge in [-0.25, -0.2) is 4.68 Å². The Morgan fingerprint density at radius 1 is 1.44 bits per heavy atom. The van der Waals surface area contributed by atoms with E-state index < -0.39 is 0 Å². The summed E-state index contributed by atoms with van der Waals surface area (Å²) >= 11 is 7.63. The molecule has 1 aromatic carbocycles. The number of amides is 1. The van der Waals surface area contributed by atoms with Crippen molar-refractivity contribution in [1.82, 2.24) is 15.0 Å². The average Bonchev–Trinajstić information content (AvgIpc) is 2.99. The van der Waals surface area contributed by atoms with Crippen LogP contribution in [0.25, 0.3) is 10.2 Å². The molecule has 0 saturated heterocycles. The normalized spacial score (nSPS) is 16.3. The summed E-state index contributed by atoms with van der Waals surface area (Å²) in [5.74, 6) is 0.279. The van der Waals surface area contributed by atoms with Crippen molar-refractivity contribution in [2.75, 3.05) is 5.32 Å². The number of nitrogens with one attached hydrogen (secondary N) is 1. The molecular formula is C19H19ClN4O2S. The number of carbonyl (C=O) groups excluding carboxylic acids is 1. The minimum absolute atomic E-state index is 0.186. The SMILES string of the molecule is Cc1c(Cl)cccc1NC(=O)Cn1nnc2sc3c(c2c1=O)CCC(C)C3. The summed E-state index contributed by atoms with van der Waals surface area (Å²) in [6, 6.07) is 5.30. The average molecular weight is 403 g/mol. The number of anilines is 1. The smallest absolute Gasteiger partial charge is 0.279 e. The lowest BCUT2D eigenvalue weighted by molar-refractivity contribution is -0.117. The summed E-state index contributed by atoms with van der Waals surface area (Å²) < 4.78 is 1.14. The van der Waals surface area contributed by atoms with E-state index in [0.29, 0.717) is 26.8 Å². The van der Waals surface area contributed by atoms with E-state index >= 15 is 0 Å². The van der Waals surface area contributed by atoms with Gasteiger partial charge in [-0.1, -0.05) is 29.8 Å². The molecule has 1 N–H and O–H groups in total. The predicted molar refractivity (Wildman–Crippen MR) is 108 cm³/mol. The standard InChI is InChI=1S/C19H19ClN4O2S/c1-10-6-7-12-15(8-10)27-18-17(12)19(26)24(23-22-18)9-16(25)21-14-5-3-4-13(20)11(14)2/h3-5,10H,6-9H2,1-2H3,(H,21,25). The number of halogens is 1. The molecule has 0 aliphatic heterocycles. The van der Waals surface area contributed by atoms with Crippen LogP contribution in [-0.4, -0.2) is 20.9 Å². The molecule has 1 amide bonds. The van der Waals surface area contributed by atoms with Crippen LogP contribution in [0.4, 0.5) is 5.69 Å². The third-order valence-electron chi connectivity index (χ3n) is 5.02. The maximum atomic E-state index is 12.9. The topological polar surface area (TPSA) is 76.9 Å². The first-order chi connectivity index (χ1) is 12.9. The number of aromatic nitrogens is 3. The van der Waals surface area contributed by atoms with Crippen molar-refractivity contribution < 1.29 is 4.79 Å². The number of rotatable bonds is 3. The molecule has 27 heavy (non-hydrogen) atoms. The third kappa shape index (κ3) is 3.37. The number of thiophene rings is 1. The number of benzene rings is 1. The van der Waals surface area contributed by atoms with Gasteiger partial charge >= 0.3 is 0 Å². The monoisotopic (exact) mass is 402 g/mol. The van der Waals surface area contributed by atoms with Crippen LogP contribution in [0, 0.1) is 12.8 Å². The van der Waals surface area contributed by atoms with Gasteiger partial charge in [0.2, 0.25) is 5.91 Å². The van der Waals surface area contributed by atoms with E-state index in [1.165, 1.54) is 4.88 Å². The van der Waals surface area contributed by atoms with Crippen molar-refractivity contribution >= 4 is 44.7 Å². The Labute approximate surface area is 165 Å². The lowest BCUT2D eigenvalue weighted by atomic mass is 9.89. The van der Waals surface area contributed by atoms with Crippen molar-refractivity contribution in [3.63, 3.8) is 0 Å². The largest absolute Gasteiger partial charge is 0.324 e. The zero-order chi connectivity index (χ0) is 19.1. The van der Waals surface area contributed by atoms with Crippen molar-refractivity contribution in [1.29, 1.82) is 0 Å². The van der Waals surface area contributed by atoms with Crippen LogP contribution in [0.1, 0.15) is 29.3 Å². The van der Waals surface area contributed by atoms with Gasteiger partial charge in [-0.3, -0.25) is 9.59 Å². The molecule has 3 aromatic rings. The molecule has 1 aliphatic rings. The molecule has 4 rings (SSSR count). The van der Waals surface area contributed by atoms with E-state index in [9.17, 15) is 9.59 Å². The molecule has 6 nitrogen and oxygen atoms in total. The highest BCUT2D eigenvalue weighted by Gasteiger charge is 2.24. The summed E-state index contributed by atoms with van der Waals surface area (Å²) in [6.07, 6.45) is 2.92. The lowest BCUT2D eigenvalue weighted by Gasteiger charge is -2.17. The van der Waals surface area contributed by atoms with Crippen molar-refractivity contribution in [2.24, 2.45) is 5.92 Å². The first kappa shape index (κ1) is 18.1. The molecular weight excluding hydrogens is 384 g/mol. The zero-order valence-corrected chi connectivity index (χ0v) is 16.7. The summed E-state index contributed by atoms with van der Waals surface area (Å²) in [5.41, 5.74) is 2.25. The van der Waals surface area contributed by atoms with Crippen LogP contribution in [0.5, 0.6) is 0 Å². The van der Waals surface area contributed by atoms with E-state index in [4.69, 9.17) is 11.6 Å². The number of aryl methyl sites for hydroxylation is 1. The molecule has 1 atom stereocenters. The van der Waals surface area contributed by atoms with Gasteiger partial charge in [0.1, 0.15) is 6.54 Å². The summed E-state index contributed by atoms with van der Waals surface area (Å²) in [4.78, 5) is 27.2. The Kier molecular flexibility index (Phi) is 4.74. The van der Waals surface area contributed by atoms with Crippen molar-refractivity contribution in [2.45, 2.75) is 39.7 Å². The van der Waals surface area contributed by atoms with E-state index in [1.54, 1.807) is 29.5 Å². The molecule has 2 heterocycles. The van der Waals surface area contributed by atoms with E-state index in [2.05, 4.69) is 22.6 Å². The number of nitrogens with zero attached hydrogens (tertiary/aromatic N) is 3. The minimum atomic E-state index is -0.339. The van der Waals surface area contributed by atoms with Gasteiger partial charge in [-0.2, -0.15) is 0 Å². The second kappa shape index (κ2) is 7.05. The lowest BCUT2D eigenvalue weighted by Crippen LogP contribution is -2.30. The second-order valence-corrected chi connectivity index (χ2v) is 8.54. The molecule has 140 valence electrons. The maximum absolute atomic E-state index is 12.9. The Morgan fingerprint density at radius 2 is 2.26 bits per heavy atom. The highest BCUT2D eigenvalue weighted by molar-refractivity contribution is 7.18. The zero-order valence-electron chi connectivity index (χ0n) is 15.1. The Hall–Kier alpha value is -2.25. The number of carbonyl (C=O) groups is 1. The minimum Gasteiger partial charge on any atom is -0.324 e. The van der Waals surface area contributed by atoms with Crippen LogP contribution < -0.4 is 10.9 Å². The van der Waals surface area contributed by atoms with E-state index in [0.717, 1.165) is 35.1 Å². The number of hydrogen-bond donors (Lipinski definition) is 1. The van der Waals surface area contributed by atoms with E-state index in [-0.39, 0.29) is 18.0 Å². The molecule has 0 fully saturated rings. The van der Waals surface area contributed by atoms with Crippen LogP contribution in [0.3, 0.4) is 0 Å². The highest BCUT2D eigenvalue weighted by atomic mass is 35.5.